The largest absolute Gasteiger partial charge is 0.481 e. The fraction of sp³-hybridized carbons (Fsp3) is 0.333. The van der Waals surface area contributed by atoms with Gasteiger partial charge in [-0.05, 0) is 0 Å². The van der Waals surface area contributed by atoms with Crippen LogP contribution in [0.15, 0.2) is 6.33 Å². The topological polar surface area (TPSA) is 127 Å². The van der Waals surface area contributed by atoms with Gasteiger partial charge in [-0.3, -0.25) is 4.79 Å². The number of fused-ring (bicyclic) bond motifs is 1. The van der Waals surface area contributed by atoms with Crippen LogP contribution in [0.3, 0.4) is 0 Å². The third-order valence-corrected chi connectivity index (χ3v) is 2.21. The Bertz CT molecular complexity index is 565. The van der Waals surface area contributed by atoms with Crippen LogP contribution < -0.4 is 5.73 Å². The highest BCUT2D eigenvalue weighted by Crippen LogP contribution is 2.15. The standard InChI is InChI=1S/C9H11N5O3/c10-9-12-5(3-6(16)17)7-8(13-9)14(1-2-15)4-11-7/h4,15H,1-3H2,(H,16,17)(H2,10,12,13). The number of carboxylic acids is 1. The van der Waals surface area contributed by atoms with Crippen molar-refractivity contribution in [2.24, 2.45) is 0 Å². The molecule has 4 N–H and O–H groups in total. The normalized spacial score (nSPS) is 10.9. The Morgan fingerprint density at radius 2 is 2.24 bits per heavy atom. The summed E-state index contributed by atoms with van der Waals surface area (Å²) in [4.78, 5) is 22.6. The fourth-order valence-electron chi connectivity index (χ4n) is 1.56. The van der Waals surface area contributed by atoms with E-state index in [0.717, 1.165) is 0 Å². The molecule has 0 aliphatic carbocycles. The van der Waals surface area contributed by atoms with E-state index in [2.05, 4.69) is 15.0 Å². The van der Waals surface area contributed by atoms with E-state index >= 15 is 0 Å². The number of carbonyl (C=O) groups is 1. The van der Waals surface area contributed by atoms with Crippen LogP contribution in [0.5, 0.6) is 0 Å². The van der Waals surface area contributed by atoms with Gasteiger partial charge in [-0.1, -0.05) is 0 Å². The summed E-state index contributed by atoms with van der Waals surface area (Å²) in [5, 5.41) is 17.6. The number of aliphatic hydroxyl groups is 1. The summed E-state index contributed by atoms with van der Waals surface area (Å²) in [5.41, 5.74) is 6.61. The molecule has 0 atom stereocenters. The predicted octanol–water partition coefficient (Wildman–Crippen LogP) is -0.972. The summed E-state index contributed by atoms with van der Waals surface area (Å²) in [6.45, 7) is 0.253. The van der Waals surface area contributed by atoms with Crippen LogP contribution in [0.4, 0.5) is 5.95 Å². The number of hydrogen-bond donors (Lipinski definition) is 3. The first-order chi connectivity index (χ1) is 8.11. The SMILES string of the molecule is Nc1nc(CC(=O)O)c2ncn(CCO)c2n1. The molecule has 0 aromatic carbocycles. The number of aromatic nitrogens is 4. The Morgan fingerprint density at radius 3 is 2.88 bits per heavy atom. The van der Waals surface area contributed by atoms with Crippen molar-refractivity contribution in [2.45, 2.75) is 13.0 Å². The maximum absolute atomic E-state index is 10.7. The number of hydrogen-bond acceptors (Lipinski definition) is 6. The lowest BCUT2D eigenvalue weighted by Crippen LogP contribution is -2.08. The van der Waals surface area contributed by atoms with E-state index in [9.17, 15) is 4.79 Å². The summed E-state index contributed by atoms with van der Waals surface area (Å²) < 4.78 is 1.60. The average Bonchev–Trinajstić information content (AvgIpc) is 2.61. The molecule has 0 saturated carbocycles. The molecule has 0 unspecified atom stereocenters. The number of rotatable bonds is 4. The summed E-state index contributed by atoms with van der Waals surface area (Å²) in [6, 6.07) is 0. The molecule has 2 aromatic heterocycles. The lowest BCUT2D eigenvalue weighted by Gasteiger charge is -2.03. The Kier molecular flexibility index (Phi) is 2.88. The van der Waals surface area contributed by atoms with E-state index in [4.69, 9.17) is 15.9 Å². The lowest BCUT2D eigenvalue weighted by atomic mass is 10.3. The van der Waals surface area contributed by atoms with Gasteiger partial charge < -0.3 is 20.5 Å². The number of nitrogen functional groups attached to an aromatic ring is 1. The van der Waals surface area contributed by atoms with Crippen LogP contribution in [0.1, 0.15) is 5.69 Å². The van der Waals surface area contributed by atoms with Crippen LogP contribution in [0.25, 0.3) is 11.2 Å². The molecular formula is C9H11N5O3. The van der Waals surface area contributed by atoms with Crippen molar-refractivity contribution in [3.63, 3.8) is 0 Å². The van der Waals surface area contributed by atoms with E-state index < -0.39 is 5.97 Å². The van der Waals surface area contributed by atoms with Gasteiger partial charge in [0.05, 0.1) is 25.0 Å². The molecular weight excluding hydrogens is 226 g/mol. The summed E-state index contributed by atoms with van der Waals surface area (Å²) >= 11 is 0. The first kappa shape index (κ1) is 11.3. The van der Waals surface area contributed by atoms with Gasteiger partial charge in [0.25, 0.3) is 0 Å². The van der Waals surface area contributed by atoms with Gasteiger partial charge in [-0.2, -0.15) is 4.98 Å². The first-order valence-corrected chi connectivity index (χ1v) is 4.91. The third kappa shape index (κ3) is 2.16. The molecule has 2 aromatic rings. The molecule has 0 bridgehead atoms. The van der Waals surface area contributed by atoms with E-state index in [1.54, 1.807) is 4.57 Å². The number of aliphatic carboxylic acids is 1. The van der Waals surface area contributed by atoms with Crippen LogP contribution in [-0.4, -0.2) is 42.3 Å². The Hall–Kier alpha value is -2.22. The molecule has 0 spiro atoms. The molecule has 2 rings (SSSR count). The van der Waals surface area contributed by atoms with Crippen LogP contribution in [0.2, 0.25) is 0 Å². The van der Waals surface area contributed by atoms with Crippen molar-refractivity contribution in [1.82, 2.24) is 19.5 Å². The van der Waals surface area contributed by atoms with Gasteiger partial charge in [0.2, 0.25) is 5.95 Å². The lowest BCUT2D eigenvalue weighted by molar-refractivity contribution is -0.136. The Morgan fingerprint density at radius 1 is 1.47 bits per heavy atom. The van der Waals surface area contributed by atoms with Crippen molar-refractivity contribution in [2.75, 3.05) is 12.3 Å². The highest BCUT2D eigenvalue weighted by Gasteiger charge is 2.14. The number of nitrogens with two attached hydrogens (primary N) is 1. The summed E-state index contributed by atoms with van der Waals surface area (Å²) in [6.07, 6.45) is 1.21. The molecule has 0 aliphatic heterocycles. The van der Waals surface area contributed by atoms with Gasteiger partial charge in [-0.15, -0.1) is 0 Å². The van der Waals surface area contributed by atoms with Gasteiger partial charge in [0, 0.05) is 6.54 Å². The highest BCUT2D eigenvalue weighted by molar-refractivity contribution is 5.80. The zero-order valence-corrected chi connectivity index (χ0v) is 8.87. The number of aliphatic hydroxyl groups excluding tert-OH is 1. The van der Waals surface area contributed by atoms with E-state index in [1.807, 2.05) is 0 Å². The third-order valence-electron chi connectivity index (χ3n) is 2.21. The number of anilines is 1. The van der Waals surface area contributed by atoms with Crippen LogP contribution in [0, 0.1) is 0 Å². The minimum Gasteiger partial charge on any atom is -0.481 e. The molecule has 8 heteroatoms. The van der Waals surface area contributed by atoms with E-state index in [0.29, 0.717) is 17.7 Å². The highest BCUT2D eigenvalue weighted by atomic mass is 16.4. The number of carboxylic acid groups (broad SMARTS) is 1. The second kappa shape index (κ2) is 4.34. The number of imidazole rings is 1. The van der Waals surface area contributed by atoms with Gasteiger partial charge in [-0.25, -0.2) is 9.97 Å². The van der Waals surface area contributed by atoms with Crippen molar-refractivity contribution in [3.8, 4) is 0 Å². The molecule has 90 valence electrons. The summed E-state index contributed by atoms with van der Waals surface area (Å²) in [5.74, 6) is -1.02. The maximum atomic E-state index is 10.7. The molecule has 17 heavy (non-hydrogen) atoms. The Balaban J connectivity index is 2.57. The zero-order chi connectivity index (χ0) is 12.4. The van der Waals surface area contributed by atoms with Gasteiger partial charge >= 0.3 is 5.97 Å². The minimum atomic E-state index is -1.01. The van der Waals surface area contributed by atoms with E-state index in [-0.39, 0.29) is 24.7 Å². The van der Waals surface area contributed by atoms with Crippen molar-refractivity contribution in [1.29, 1.82) is 0 Å². The second-order valence-corrected chi connectivity index (χ2v) is 3.43. The molecule has 0 amide bonds. The van der Waals surface area contributed by atoms with Crippen molar-refractivity contribution in [3.05, 3.63) is 12.0 Å². The van der Waals surface area contributed by atoms with Gasteiger partial charge in [0.15, 0.2) is 5.65 Å². The Labute approximate surface area is 95.7 Å². The van der Waals surface area contributed by atoms with Crippen LogP contribution >= 0.6 is 0 Å². The molecule has 0 radical (unpaired) electrons. The van der Waals surface area contributed by atoms with Crippen LogP contribution in [-0.2, 0) is 17.8 Å². The molecule has 8 nitrogen and oxygen atoms in total. The average molecular weight is 237 g/mol. The summed E-state index contributed by atoms with van der Waals surface area (Å²) in [7, 11) is 0. The monoisotopic (exact) mass is 237 g/mol. The molecule has 0 fully saturated rings. The zero-order valence-electron chi connectivity index (χ0n) is 8.87. The molecule has 2 heterocycles. The second-order valence-electron chi connectivity index (χ2n) is 3.43. The van der Waals surface area contributed by atoms with Gasteiger partial charge in [0.1, 0.15) is 5.52 Å². The maximum Gasteiger partial charge on any atom is 0.309 e. The smallest absolute Gasteiger partial charge is 0.309 e. The van der Waals surface area contributed by atoms with Crippen molar-refractivity contribution < 1.29 is 15.0 Å². The number of nitrogens with zero attached hydrogens (tertiary/aromatic N) is 4. The first-order valence-electron chi connectivity index (χ1n) is 4.91. The fourth-order valence-corrected chi connectivity index (χ4v) is 1.56. The molecule has 0 saturated heterocycles. The van der Waals surface area contributed by atoms with E-state index in [1.165, 1.54) is 6.33 Å². The minimum absolute atomic E-state index is 0.00607. The predicted molar refractivity (Wildman–Crippen MR) is 58.2 cm³/mol. The molecule has 0 aliphatic rings. The quantitative estimate of drug-likeness (QED) is 0.624. The van der Waals surface area contributed by atoms with Crippen molar-refractivity contribution >= 4 is 23.1 Å².